The minimum atomic E-state index is -0.475. The SMILES string of the molecule is C1=Cc2ccccc2C2(c3ccccc31)c1ccccc1-c1ccc(N(c3ccccc3)c3ccc(-c4ccc(-c5ccccc5)cc4)cc3)cc12. The standard InChI is InChI=1S/C51H35N/c1-3-13-36(14-4-1)37-23-25-38(26-24-37)39-29-31-43(32-30-39)52(42-17-5-2-6-18-42)44-33-34-46-45-19-9-12-22-49(45)51(50(46)35-44)47-20-10-7-15-40(47)27-28-41-16-8-11-21-48(41)51/h1-35H. The Bertz CT molecular complexity index is 2550. The molecule has 1 spiro atoms. The zero-order valence-electron chi connectivity index (χ0n) is 28.7. The zero-order valence-corrected chi connectivity index (χ0v) is 28.7. The minimum absolute atomic E-state index is 0.475. The molecule has 244 valence electrons. The van der Waals surface area contributed by atoms with Crippen LogP contribution in [-0.2, 0) is 5.41 Å². The molecule has 0 bridgehead atoms. The first kappa shape index (κ1) is 30.2. The summed E-state index contributed by atoms with van der Waals surface area (Å²) in [6.07, 6.45) is 4.58. The average Bonchev–Trinajstić information content (AvgIpc) is 3.42. The molecule has 0 fully saturated rings. The predicted octanol–water partition coefficient (Wildman–Crippen LogP) is 13.3. The van der Waals surface area contributed by atoms with Gasteiger partial charge in [-0.05, 0) is 103 Å². The van der Waals surface area contributed by atoms with Gasteiger partial charge in [0.05, 0.1) is 5.41 Å². The molecule has 8 aromatic rings. The van der Waals surface area contributed by atoms with Crippen molar-refractivity contribution >= 4 is 29.2 Å². The van der Waals surface area contributed by atoms with Crippen molar-refractivity contribution < 1.29 is 0 Å². The normalized spacial score (nSPS) is 13.1. The van der Waals surface area contributed by atoms with E-state index in [2.05, 4.69) is 217 Å². The summed E-state index contributed by atoms with van der Waals surface area (Å²) < 4.78 is 0. The van der Waals surface area contributed by atoms with Crippen molar-refractivity contribution in [2.45, 2.75) is 5.41 Å². The van der Waals surface area contributed by atoms with E-state index in [1.54, 1.807) is 0 Å². The van der Waals surface area contributed by atoms with Gasteiger partial charge in [-0.2, -0.15) is 0 Å². The lowest BCUT2D eigenvalue weighted by atomic mass is 9.66. The van der Waals surface area contributed by atoms with Crippen LogP contribution in [-0.4, -0.2) is 0 Å². The van der Waals surface area contributed by atoms with Gasteiger partial charge >= 0.3 is 0 Å². The van der Waals surface area contributed by atoms with Crippen molar-refractivity contribution in [1.29, 1.82) is 0 Å². The van der Waals surface area contributed by atoms with Crippen LogP contribution in [0.3, 0.4) is 0 Å². The molecular weight excluding hydrogens is 627 g/mol. The molecule has 0 aliphatic heterocycles. The van der Waals surface area contributed by atoms with Crippen molar-refractivity contribution in [2.75, 3.05) is 4.90 Å². The molecule has 0 atom stereocenters. The van der Waals surface area contributed by atoms with Gasteiger partial charge in [0, 0.05) is 17.1 Å². The maximum Gasteiger partial charge on any atom is 0.0725 e. The van der Waals surface area contributed by atoms with Gasteiger partial charge in [-0.15, -0.1) is 0 Å². The largest absolute Gasteiger partial charge is 0.310 e. The third kappa shape index (κ3) is 4.71. The van der Waals surface area contributed by atoms with Crippen LogP contribution in [0.1, 0.15) is 33.4 Å². The number of benzene rings is 8. The Labute approximate surface area is 305 Å². The number of nitrogens with zero attached hydrogens (tertiary/aromatic N) is 1. The first-order valence-corrected chi connectivity index (χ1v) is 18.0. The molecule has 0 radical (unpaired) electrons. The van der Waals surface area contributed by atoms with Crippen molar-refractivity contribution in [2.24, 2.45) is 0 Å². The summed E-state index contributed by atoms with van der Waals surface area (Å²) in [5, 5.41) is 0. The topological polar surface area (TPSA) is 3.24 Å². The Balaban J connectivity index is 1.13. The highest BCUT2D eigenvalue weighted by Crippen LogP contribution is 2.59. The Morgan fingerprint density at radius 3 is 1.33 bits per heavy atom. The van der Waals surface area contributed by atoms with E-state index in [0.29, 0.717) is 0 Å². The van der Waals surface area contributed by atoms with Gasteiger partial charge in [-0.3, -0.25) is 0 Å². The number of hydrogen-bond acceptors (Lipinski definition) is 1. The molecular formula is C51H35N. The van der Waals surface area contributed by atoms with E-state index in [4.69, 9.17) is 0 Å². The second-order valence-electron chi connectivity index (χ2n) is 13.7. The van der Waals surface area contributed by atoms with Gasteiger partial charge in [-0.25, -0.2) is 0 Å². The third-order valence-electron chi connectivity index (χ3n) is 10.9. The summed E-state index contributed by atoms with van der Waals surface area (Å²) in [6, 6.07) is 73.2. The van der Waals surface area contributed by atoms with Crippen LogP contribution in [0.2, 0.25) is 0 Å². The molecule has 0 saturated heterocycles. The van der Waals surface area contributed by atoms with Gasteiger partial charge in [0.2, 0.25) is 0 Å². The molecule has 0 aromatic heterocycles. The highest BCUT2D eigenvalue weighted by atomic mass is 15.1. The van der Waals surface area contributed by atoms with E-state index >= 15 is 0 Å². The van der Waals surface area contributed by atoms with E-state index in [1.807, 2.05) is 0 Å². The molecule has 0 N–H and O–H groups in total. The number of rotatable bonds is 5. The second kappa shape index (κ2) is 12.3. The average molecular weight is 662 g/mol. The fraction of sp³-hybridized carbons (Fsp3) is 0.0196. The van der Waals surface area contributed by atoms with Crippen LogP contribution in [0.5, 0.6) is 0 Å². The summed E-state index contributed by atoms with van der Waals surface area (Å²) in [4.78, 5) is 2.39. The summed E-state index contributed by atoms with van der Waals surface area (Å²) in [7, 11) is 0. The van der Waals surface area contributed by atoms with Crippen LogP contribution in [0, 0.1) is 0 Å². The van der Waals surface area contributed by atoms with Crippen molar-refractivity contribution in [1.82, 2.24) is 0 Å². The summed E-state index contributed by atoms with van der Waals surface area (Å²) in [5.41, 5.74) is 18.1. The van der Waals surface area contributed by atoms with Gasteiger partial charge in [0.15, 0.2) is 0 Å². The molecule has 1 nitrogen and oxygen atoms in total. The molecule has 2 aliphatic carbocycles. The zero-order chi connectivity index (χ0) is 34.5. The summed E-state index contributed by atoms with van der Waals surface area (Å²) >= 11 is 0. The molecule has 8 aromatic carbocycles. The van der Waals surface area contributed by atoms with Crippen molar-refractivity contribution in [3.8, 4) is 33.4 Å². The molecule has 10 rings (SSSR count). The molecule has 0 amide bonds. The smallest absolute Gasteiger partial charge is 0.0725 e. The van der Waals surface area contributed by atoms with E-state index < -0.39 is 5.41 Å². The summed E-state index contributed by atoms with van der Waals surface area (Å²) in [6.45, 7) is 0. The van der Waals surface area contributed by atoms with Gasteiger partial charge in [-0.1, -0.05) is 176 Å². The molecule has 1 heteroatoms. The van der Waals surface area contributed by atoms with Gasteiger partial charge in [0.25, 0.3) is 0 Å². The van der Waals surface area contributed by atoms with Gasteiger partial charge in [0.1, 0.15) is 0 Å². The quantitative estimate of drug-likeness (QED) is 0.177. The van der Waals surface area contributed by atoms with E-state index in [0.717, 1.165) is 17.1 Å². The van der Waals surface area contributed by atoms with E-state index in [1.165, 1.54) is 66.8 Å². The number of para-hydroxylation sites is 1. The van der Waals surface area contributed by atoms with Crippen molar-refractivity contribution in [3.63, 3.8) is 0 Å². The molecule has 0 saturated carbocycles. The minimum Gasteiger partial charge on any atom is -0.310 e. The number of anilines is 3. The Kier molecular flexibility index (Phi) is 7.11. The number of hydrogen-bond donors (Lipinski definition) is 0. The summed E-state index contributed by atoms with van der Waals surface area (Å²) in [5.74, 6) is 0. The first-order valence-electron chi connectivity index (χ1n) is 18.0. The fourth-order valence-electron chi connectivity index (χ4n) is 8.59. The Morgan fingerprint density at radius 2 is 0.712 bits per heavy atom. The first-order chi connectivity index (χ1) is 25.8. The predicted molar refractivity (Wildman–Crippen MR) is 218 cm³/mol. The van der Waals surface area contributed by atoms with E-state index in [9.17, 15) is 0 Å². The van der Waals surface area contributed by atoms with Crippen LogP contribution >= 0.6 is 0 Å². The van der Waals surface area contributed by atoms with Gasteiger partial charge < -0.3 is 4.90 Å². The third-order valence-corrected chi connectivity index (χ3v) is 10.9. The second-order valence-corrected chi connectivity index (χ2v) is 13.7. The number of fused-ring (bicyclic) bond motifs is 9. The molecule has 0 heterocycles. The van der Waals surface area contributed by atoms with Crippen LogP contribution in [0.4, 0.5) is 17.1 Å². The Morgan fingerprint density at radius 1 is 0.288 bits per heavy atom. The lowest BCUT2D eigenvalue weighted by molar-refractivity contribution is 0.766. The monoisotopic (exact) mass is 661 g/mol. The lowest BCUT2D eigenvalue weighted by Gasteiger charge is -2.36. The lowest BCUT2D eigenvalue weighted by Crippen LogP contribution is -2.30. The van der Waals surface area contributed by atoms with Crippen LogP contribution < -0.4 is 4.90 Å². The fourth-order valence-corrected chi connectivity index (χ4v) is 8.59. The highest BCUT2D eigenvalue weighted by molar-refractivity contribution is 5.93. The van der Waals surface area contributed by atoms with Crippen LogP contribution in [0.25, 0.3) is 45.5 Å². The molecule has 52 heavy (non-hydrogen) atoms. The highest BCUT2D eigenvalue weighted by Gasteiger charge is 2.48. The maximum absolute atomic E-state index is 2.46. The van der Waals surface area contributed by atoms with Crippen LogP contribution in [0.15, 0.2) is 200 Å². The molecule has 0 unspecified atom stereocenters. The van der Waals surface area contributed by atoms with E-state index in [-0.39, 0.29) is 0 Å². The Hall–Kier alpha value is -6.70. The van der Waals surface area contributed by atoms with Crippen molar-refractivity contribution in [3.05, 3.63) is 234 Å². The maximum atomic E-state index is 2.46. The molecule has 2 aliphatic rings.